The molecule has 1 N–H and O–H groups in total. The Kier molecular flexibility index (Phi) is 6.15. The standard InChI is InChI=1S/C21H20ClN3O4S/c1-2-23-19(26)10-18-20(27)25(11-13-6-7-16-17(8-13)29-12-28-16)21(30-18)24-15-5-3-4-14(22)9-15/h3-9,18H,2,10-12H2,1H3,(H,23,26)/t18-/m0/s1. The number of fused-ring (bicyclic) bond motifs is 1. The van der Waals surface area contributed by atoms with Crippen molar-refractivity contribution in [2.24, 2.45) is 4.99 Å². The van der Waals surface area contributed by atoms with E-state index in [1.165, 1.54) is 11.8 Å². The zero-order valence-corrected chi connectivity index (χ0v) is 17.8. The van der Waals surface area contributed by atoms with Gasteiger partial charge >= 0.3 is 0 Å². The highest BCUT2D eigenvalue weighted by Gasteiger charge is 2.39. The minimum absolute atomic E-state index is 0.101. The lowest BCUT2D eigenvalue weighted by atomic mass is 10.1. The highest BCUT2D eigenvalue weighted by molar-refractivity contribution is 8.15. The zero-order chi connectivity index (χ0) is 21.1. The van der Waals surface area contributed by atoms with Gasteiger partial charge in [-0.25, -0.2) is 4.99 Å². The first-order chi connectivity index (χ1) is 14.5. The van der Waals surface area contributed by atoms with Crippen LogP contribution in [0.2, 0.25) is 5.02 Å². The van der Waals surface area contributed by atoms with E-state index in [1.807, 2.05) is 31.2 Å². The van der Waals surface area contributed by atoms with E-state index in [9.17, 15) is 9.59 Å². The Morgan fingerprint density at radius 2 is 2.10 bits per heavy atom. The van der Waals surface area contributed by atoms with E-state index in [1.54, 1.807) is 23.1 Å². The van der Waals surface area contributed by atoms with Gasteiger partial charge in [-0.2, -0.15) is 0 Å². The molecular formula is C21H20ClN3O4S. The van der Waals surface area contributed by atoms with E-state index in [0.29, 0.717) is 40.5 Å². The summed E-state index contributed by atoms with van der Waals surface area (Å²) in [5.41, 5.74) is 1.53. The second-order valence-corrected chi connectivity index (χ2v) is 8.36. The van der Waals surface area contributed by atoms with Gasteiger partial charge in [0.05, 0.1) is 12.2 Å². The number of amides is 2. The minimum Gasteiger partial charge on any atom is -0.454 e. The average Bonchev–Trinajstić information content (AvgIpc) is 3.28. The van der Waals surface area contributed by atoms with Crippen LogP contribution in [-0.2, 0) is 16.1 Å². The Balaban J connectivity index is 1.61. The number of rotatable bonds is 6. The number of benzene rings is 2. The number of hydrogen-bond acceptors (Lipinski definition) is 6. The van der Waals surface area contributed by atoms with E-state index in [0.717, 1.165) is 5.56 Å². The fourth-order valence-electron chi connectivity index (χ4n) is 3.19. The minimum atomic E-state index is -0.525. The summed E-state index contributed by atoms with van der Waals surface area (Å²) in [5, 5.41) is 3.32. The first-order valence-corrected chi connectivity index (χ1v) is 10.8. The molecule has 0 bridgehead atoms. The van der Waals surface area contributed by atoms with Crippen molar-refractivity contribution in [1.29, 1.82) is 0 Å². The Morgan fingerprint density at radius 3 is 2.90 bits per heavy atom. The van der Waals surface area contributed by atoms with Gasteiger partial charge in [-0.05, 0) is 42.8 Å². The Bertz CT molecular complexity index is 1010. The molecule has 1 saturated heterocycles. The molecule has 0 saturated carbocycles. The van der Waals surface area contributed by atoms with Crippen LogP contribution in [0.3, 0.4) is 0 Å². The number of nitrogens with zero attached hydrogens (tertiary/aromatic N) is 2. The molecule has 156 valence electrons. The summed E-state index contributed by atoms with van der Waals surface area (Å²) in [6.45, 7) is 2.87. The molecule has 0 radical (unpaired) electrons. The third-order valence-electron chi connectivity index (χ3n) is 4.58. The van der Waals surface area contributed by atoms with Crippen LogP contribution in [0.15, 0.2) is 47.5 Å². The number of hydrogen-bond donors (Lipinski definition) is 1. The lowest BCUT2D eigenvalue weighted by Gasteiger charge is -2.17. The quantitative estimate of drug-likeness (QED) is 0.732. The van der Waals surface area contributed by atoms with Crippen LogP contribution in [0.25, 0.3) is 0 Å². The van der Waals surface area contributed by atoms with Crippen molar-refractivity contribution < 1.29 is 19.1 Å². The molecule has 0 spiro atoms. The van der Waals surface area contributed by atoms with Crippen molar-refractivity contribution >= 4 is 46.0 Å². The summed E-state index contributed by atoms with van der Waals surface area (Å²) in [7, 11) is 0. The number of halogens is 1. The third kappa shape index (κ3) is 4.55. The maximum absolute atomic E-state index is 13.1. The number of amidine groups is 1. The molecule has 30 heavy (non-hydrogen) atoms. The molecule has 2 heterocycles. The molecular weight excluding hydrogens is 426 g/mol. The van der Waals surface area contributed by atoms with Gasteiger partial charge in [0.1, 0.15) is 5.25 Å². The predicted molar refractivity (Wildman–Crippen MR) is 116 cm³/mol. The Hall–Kier alpha value is -2.71. The lowest BCUT2D eigenvalue weighted by Crippen LogP contribution is -2.34. The van der Waals surface area contributed by atoms with Crippen LogP contribution in [-0.4, -0.2) is 40.5 Å². The topological polar surface area (TPSA) is 80.2 Å². The van der Waals surface area contributed by atoms with Crippen LogP contribution < -0.4 is 14.8 Å². The van der Waals surface area contributed by atoms with Gasteiger partial charge in [-0.1, -0.05) is 35.5 Å². The van der Waals surface area contributed by atoms with Crippen LogP contribution in [0.5, 0.6) is 11.5 Å². The molecule has 7 nitrogen and oxygen atoms in total. The summed E-state index contributed by atoms with van der Waals surface area (Å²) < 4.78 is 10.8. The fraction of sp³-hybridized carbons (Fsp3) is 0.286. The lowest BCUT2D eigenvalue weighted by molar-refractivity contribution is -0.129. The average molecular weight is 446 g/mol. The largest absolute Gasteiger partial charge is 0.454 e. The number of carbonyl (C=O) groups excluding carboxylic acids is 2. The Morgan fingerprint density at radius 1 is 1.27 bits per heavy atom. The first kappa shape index (κ1) is 20.6. The van der Waals surface area contributed by atoms with E-state index in [4.69, 9.17) is 21.1 Å². The number of ether oxygens (including phenoxy) is 2. The van der Waals surface area contributed by atoms with Crippen LogP contribution in [0.1, 0.15) is 18.9 Å². The summed E-state index contributed by atoms with van der Waals surface area (Å²) >= 11 is 7.37. The highest BCUT2D eigenvalue weighted by Crippen LogP contribution is 2.36. The van der Waals surface area contributed by atoms with E-state index >= 15 is 0 Å². The molecule has 2 aliphatic rings. The normalized spacial score (nSPS) is 18.9. The fourth-order valence-corrected chi connectivity index (χ4v) is 4.53. The van der Waals surface area contributed by atoms with Crippen molar-refractivity contribution in [1.82, 2.24) is 10.2 Å². The highest BCUT2D eigenvalue weighted by atomic mass is 35.5. The molecule has 2 aliphatic heterocycles. The summed E-state index contributed by atoms with van der Waals surface area (Å²) in [6, 6.07) is 12.7. The SMILES string of the molecule is CCNC(=O)C[C@@H]1SC(=Nc2cccc(Cl)c2)N(Cc2ccc3c(c2)OCO3)C1=O. The molecule has 2 aromatic carbocycles. The predicted octanol–water partition coefficient (Wildman–Crippen LogP) is 3.73. The summed E-state index contributed by atoms with van der Waals surface area (Å²) in [5.74, 6) is 1.03. The van der Waals surface area contributed by atoms with Gasteiger partial charge in [0.15, 0.2) is 16.7 Å². The van der Waals surface area contributed by atoms with Gasteiger partial charge in [-0.15, -0.1) is 0 Å². The third-order valence-corrected chi connectivity index (χ3v) is 5.99. The molecule has 9 heteroatoms. The van der Waals surface area contributed by atoms with Crippen LogP contribution >= 0.6 is 23.4 Å². The van der Waals surface area contributed by atoms with Crippen molar-refractivity contribution in [2.45, 2.75) is 25.1 Å². The first-order valence-electron chi connectivity index (χ1n) is 9.51. The summed E-state index contributed by atoms with van der Waals surface area (Å²) in [4.78, 5) is 31.4. The van der Waals surface area contributed by atoms with E-state index in [-0.39, 0.29) is 25.0 Å². The van der Waals surface area contributed by atoms with Gasteiger partial charge in [0, 0.05) is 18.0 Å². The number of thioether (sulfide) groups is 1. The van der Waals surface area contributed by atoms with Crippen molar-refractivity contribution in [2.75, 3.05) is 13.3 Å². The molecule has 1 fully saturated rings. The van der Waals surface area contributed by atoms with Gasteiger partial charge < -0.3 is 14.8 Å². The molecule has 2 amide bonds. The van der Waals surface area contributed by atoms with Crippen LogP contribution in [0, 0.1) is 0 Å². The molecule has 0 unspecified atom stereocenters. The number of nitrogens with one attached hydrogen (secondary N) is 1. The molecule has 0 aliphatic carbocycles. The smallest absolute Gasteiger partial charge is 0.242 e. The second kappa shape index (κ2) is 8.97. The zero-order valence-electron chi connectivity index (χ0n) is 16.3. The Labute approximate surface area is 183 Å². The van der Waals surface area contributed by atoms with Crippen molar-refractivity contribution in [3.05, 3.63) is 53.1 Å². The molecule has 1 atom stereocenters. The summed E-state index contributed by atoms with van der Waals surface area (Å²) in [6.07, 6.45) is 0.101. The van der Waals surface area contributed by atoms with Crippen molar-refractivity contribution in [3.63, 3.8) is 0 Å². The van der Waals surface area contributed by atoms with E-state index in [2.05, 4.69) is 10.3 Å². The van der Waals surface area contributed by atoms with Gasteiger partial charge in [-0.3, -0.25) is 14.5 Å². The van der Waals surface area contributed by atoms with Gasteiger partial charge in [0.25, 0.3) is 0 Å². The van der Waals surface area contributed by atoms with Crippen molar-refractivity contribution in [3.8, 4) is 11.5 Å². The molecule has 2 aromatic rings. The maximum Gasteiger partial charge on any atom is 0.242 e. The molecule has 0 aromatic heterocycles. The number of aliphatic imine (C=N–C) groups is 1. The maximum atomic E-state index is 13.1. The molecule has 4 rings (SSSR count). The number of carbonyl (C=O) groups is 2. The van der Waals surface area contributed by atoms with Gasteiger partial charge in [0.2, 0.25) is 18.6 Å². The van der Waals surface area contributed by atoms with E-state index < -0.39 is 5.25 Å². The monoisotopic (exact) mass is 445 g/mol. The van der Waals surface area contributed by atoms with Crippen LogP contribution in [0.4, 0.5) is 5.69 Å². The second-order valence-electron chi connectivity index (χ2n) is 6.75.